The molecular weight excluding hydrogens is 170 g/mol. The van der Waals surface area contributed by atoms with Crippen LogP contribution in [-0.4, -0.2) is 18.0 Å². The van der Waals surface area contributed by atoms with E-state index in [0.717, 1.165) is 13.1 Å². The minimum Gasteiger partial charge on any atom is -0.372 e. The van der Waals surface area contributed by atoms with Crippen LogP contribution in [-0.2, 0) is 0 Å². The Balaban J connectivity index is 2.94. The van der Waals surface area contributed by atoms with Crippen molar-refractivity contribution < 1.29 is 0 Å². The van der Waals surface area contributed by atoms with E-state index in [0.29, 0.717) is 0 Å². The molecule has 0 aliphatic rings. The first-order chi connectivity index (χ1) is 6.83. The summed E-state index contributed by atoms with van der Waals surface area (Å²) in [5, 5.41) is 0. The van der Waals surface area contributed by atoms with Gasteiger partial charge in [-0.25, -0.2) is 0 Å². The van der Waals surface area contributed by atoms with E-state index in [1.165, 1.54) is 11.3 Å². The molecule has 14 heavy (non-hydrogen) atoms. The van der Waals surface area contributed by atoms with E-state index < -0.39 is 0 Å². The smallest absolute Gasteiger partial charge is 0.0396 e. The Hall–Kier alpha value is -1.24. The van der Waals surface area contributed by atoms with Gasteiger partial charge in [0, 0.05) is 18.8 Å². The summed E-state index contributed by atoms with van der Waals surface area (Å²) < 4.78 is 0. The zero-order chi connectivity index (χ0) is 10.4. The molecule has 0 aromatic heterocycles. The van der Waals surface area contributed by atoms with Crippen molar-refractivity contribution in [3.05, 3.63) is 42.0 Å². The molecule has 0 heterocycles. The van der Waals surface area contributed by atoms with Crippen LogP contribution < -0.4 is 0 Å². The van der Waals surface area contributed by atoms with Crippen LogP contribution >= 0.6 is 0 Å². The standard InChI is InChI=1S/C13H19N/c1-4-13(14(5-2)6-3)12-10-8-7-9-11-12/h4,7-11H,5-6H2,1-3H3/b13-4-. The van der Waals surface area contributed by atoms with Crippen LogP contribution in [0.15, 0.2) is 36.4 Å². The lowest BCUT2D eigenvalue weighted by Gasteiger charge is -2.24. The van der Waals surface area contributed by atoms with Gasteiger partial charge in [-0.2, -0.15) is 0 Å². The van der Waals surface area contributed by atoms with Gasteiger partial charge in [0.05, 0.1) is 0 Å². The Kier molecular flexibility index (Phi) is 4.24. The fourth-order valence-corrected chi connectivity index (χ4v) is 1.71. The Labute approximate surface area is 87.1 Å². The Morgan fingerprint density at radius 3 is 2.14 bits per heavy atom. The van der Waals surface area contributed by atoms with E-state index in [9.17, 15) is 0 Å². The van der Waals surface area contributed by atoms with Gasteiger partial charge in [-0.15, -0.1) is 0 Å². The van der Waals surface area contributed by atoms with Crippen molar-refractivity contribution in [1.29, 1.82) is 0 Å². The number of hydrogen-bond acceptors (Lipinski definition) is 1. The van der Waals surface area contributed by atoms with Gasteiger partial charge in [-0.05, 0) is 26.3 Å². The predicted octanol–water partition coefficient (Wildman–Crippen LogP) is 3.39. The summed E-state index contributed by atoms with van der Waals surface area (Å²) in [4.78, 5) is 2.37. The molecule has 1 aromatic carbocycles. The zero-order valence-electron chi connectivity index (χ0n) is 9.33. The van der Waals surface area contributed by atoms with Crippen molar-refractivity contribution in [3.63, 3.8) is 0 Å². The molecule has 1 rings (SSSR count). The van der Waals surface area contributed by atoms with Crippen molar-refractivity contribution in [2.45, 2.75) is 20.8 Å². The minimum atomic E-state index is 1.06. The third kappa shape index (κ3) is 2.38. The van der Waals surface area contributed by atoms with E-state index in [2.05, 4.69) is 62.1 Å². The molecule has 0 aliphatic carbocycles. The lowest BCUT2D eigenvalue weighted by molar-refractivity contribution is 0.441. The van der Waals surface area contributed by atoms with Crippen LogP contribution in [0.3, 0.4) is 0 Å². The van der Waals surface area contributed by atoms with Crippen molar-refractivity contribution >= 4 is 5.70 Å². The van der Waals surface area contributed by atoms with Gasteiger partial charge in [-0.3, -0.25) is 0 Å². The molecule has 0 saturated carbocycles. The topological polar surface area (TPSA) is 3.24 Å². The summed E-state index contributed by atoms with van der Waals surface area (Å²) in [6.07, 6.45) is 2.18. The molecule has 0 radical (unpaired) electrons. The average molecular weight is 189 g/mol. The van der Waals surface area contributed by atoms with Crippen molar-refractivity contribution in [1.82, 2.24) is 4.90 Å². The van der Waals surface area contributed by atoms with Crippen molar-refractivity contribution in [2.75, 3.05) is 13.1 Å². The maximum absolute atomic E-state index is 2.37. The number of nitrogens with zero attached hydrogens (tertiary/aromatic N) is 1. The quantitative estimate of drug-likeness (QED) is 0.701. The second-order valence-corrected chi connectivity index (χ2v) is 3.21. The molecule has 0 atom stereocenters. The largest absolute Gasteiger partial charge is 0.372 e. The lowest BCUT2D eigenvalue weighted by atomic mass is 10.1. The maximum atomic E-state index is 2.37. The zero-order valence-corrected chi connectivity index (χ0v) is 9.33. The fraction of sp³-hybridized carbons (Fsp3) is 0.385. The van der Waals surface area contributed by atoms with Gasteiger partial charge in [0.1, 0.15) is 0 Å². The summed E-state index contributed by atoms with van der Waals surface area (Å²) >= 11 is 0. The molecule has 0 N–H and O–H groups in total. The van der Waals surface area contributed by atoms with Crippen LogP contribution in [0.2, 0.25) is 0 Å². The van der Waals surface area contributed by atoms with Gasteiger partial charge < -0.3 is 4.90 Å². The molecule has 0 fully saturated rings. The molecular formula is C13H19N. The highest BCUT2D eigenvalue weighted by molar-refractivity contribution is 5.63. The monoisotopic (exact) mass is 189 g/mol. The van der Waals surface area contributed by atoms with Crippen LogP contribution in [0.4, 0.5) is 0 Å². The number of allylic oxidation sites excluding steroid dienone is 1. The van der Waals surface area contributed by atoms with Gasteiger partial charge in [-0.1, -0.05) is 36.4 Å². The van der Waals surface area contributed by atoms with Crippen LogP contribution in [0.5, 0.6) is 0 Å². The number of benzene rings is 1. The predicted molar refractivity (Wildman–Crippen MR) is 63.0 cm³/mol. The molecule has 76 valence electrons. The van der Waals surface area contributed by atoms with Crippen LogP contribution in [0.25, 0.3) is 5.70 Å². The lowest BCUT2D eigenvalue weighted by Crippen LogP contribution is -2.21. The summed E-state index contributed by atoms with van der Waals surface area (Å²) in [6.45, 7) is 8.60. The molecule has 0 aliphatic heterocycles. The van der Waals surface area contributed by atoms with Crippen molar-refractivity contribution in [3.8, 4) is 0 Å². The number of hydrogen-bond donors (Lipinski definition) is 0. The minimum absolute atomic E-state index is 1.06. The molecule has 1 nitrogen and oxygen atoms in total. The van der Waals surface area contributed by atoms with Gasteiger partial charge in [0.2, 0.25) is 0 Å². The fourth-order valence-electron chi connectivity index (χ4n) is 1.71. The van der Waals surface area contributed by atoms with Gasteiger partial charge in [0.15, 0.2) is 0 Å². The van der Waals surface area contributed by atoms with E-state index in [-0.39, 0.29) is 0 Å². The Bertz CT molecular complexity index is 283. The third-order valence-corrected chi connectivity index (χ3v) is 2.45. The highest BCUT2D eigenvalue weighted by Gasteiger charge is 2.05. The molecule has 1 heteroatoms. The number of rotatable bonds is 4. The molecule has 0 bridgehead atoms. The molecule has 0 spiro atoms. The van der Waals surface area contributed by atoms with E-state index in [1.807, 2.05) is 0 Å². The first-order valence-electron chi connectivity index (χ1n) is 5.30. The maximum Gasteiger partial charge on any atom is 0.0396 e. The van der Waals surface area contributed by atoms with Gasteiger partial charge >= 0.3 is 0 Å². The van der Waals surface area contributed by atoms with Gasteiger partial charge in [0.25, 0.3) is 0 Å². The molecule has 1 aromatic rings. The summed E-state index contributed by atoms with van der Waals surface area (Å²) in [6, 6.07) is 10.5. The average Bonchev–Trinajstić information content (AvgIpc) is 2.27. The Morgan fingerprint density at radius 2 is 1.71 bits per heavy atom. The van der Waals surface area contributed by atoms with Crippen LogP contribution in [0, 0.1) is 0 Å². The van der Waals surface area contributed by atoms with E-state index >= 15 is 0 Å². The van der Waals surface area contributed by atoms with Crippen molar-refractivity contribution in [2.24, 2.45) is 0 Å². The summed E-state index contributed by atoms with van der Waals surface area (Å²) in [5.74, 6) is 0. The summed E-state index contributed by atoms with van der Waals surface area (Å²) in [7, 11) is 0. The second kappa shape index (κ2) is 5.48. The second-order valence-electron chi connectivity index (χ2n) is 3.21. The highest BCUT2D eigenvalue weighted by atomic mass is 15.1. The highest BCUT2D eigenvalue weighted by Crippen LogP contribution is 2.17. The third-order valence-electron chi connectivity index (χ3n) is 2.45. The molecule has 0 saturated heterocycles. The molecule has 0 amide bonds. The first kappa shape index (κ1) is 10.8. The van der Waals surface area contributed by atoms with Crippen LogP contribution in [0.1, 0.15) is 26.3 Å². The summed E-state index contributed by atoms with van der Waals surface area (Å²) in [5.41, 5.74) is 2.63. The Morgan fingerprint density at radius 1 is 1.14 bits per heavy atom. The first-order valence-corrected chi connectivity index (χ1v) is 5.30. The SMILES string of the molecule is C/C=C(/c1ccccc1)N(CC)CC. The normalized spacial score (nSPS) is 11.5. The van der Waals surface area contributed by atoms with E-state index in [1.54, 1.807) is 0 Å². The van der Waals surface area contributed by atoms with E-state index in [4.69, 9.17) is 0 Å². The molecule has 0 unspecified atom stereocenters.